The van der Waals surface area contributed by atoms with Gasteiger partial charge in [-0.3, -0.25) is 4.79 Å². The number of hydrogen-bond donors (Lipinski definition) is 0. The largest absolute Gasteiger partial charge is 0.494 e. The first-order chi connectivity index (χ1) is 16.7. The van der Waals surface area contributed by atoms with Gasteiger partial charge in [-0.15, -0.1) is 0 Å². The Hall–Kier alpha value is -3.27. The number of esters is 1. The van der Waals surface area contributed by atoms with Gasteiger partial charge in [0.1, 0.15) is 18.1 Å². The lowest BCUT2D eigenvalue weighted by Crippen LogP contribution is -2.09. The van der Waals surface area contributed by atoms with Crippen molar-refractivity contribution in [1.82, 2.24) is 0 Å². The van der Waals surface area contributed by atoms with E-state index in [0.717, 1.165) is 61.3 Å². The van der Waals surface area contributed by atoms with Crippen LogP contribution in [0.15, 0.2) is 78.9 Å². The molecule has 0 atom stereocenters. The smallest absolute Gasteiger partial charge is 0.310 e. The minimum Gasteiger partial charge on any atom is -0.494 e. The number of rotatable bonds is 15. The highest BCUT2D eigenvalue weighted by molar-refractivity contribution is 5.72. The zero-order chi connectivity index (χ0) is 23.8. The van der Waals surface area contributed by atoms with E-state index in [1.54, 1.807) is 0 Å². The van der Waals surface area contributed by atoms with Gasteiger partial charge in [0, 0.05) is 0 Å². The molecule has 0 heterocycles. The van der Waals surface area contributed by atoms with Crippen LogP contribution in [0, 0.1) is 6.92 Å². The molecule has 0 unspecified atom stereocenters. The molecule has 0 fully saturated rings. The van der Waals surface area contributed by atoms with Crippen LogP contribution >= 0.6 is 0 Å². The Bertz CT molecular complexity index is 950. The van der Waals surface area contributed by atoms with E-state index in [1.807, 2.05) is 73.7 Å². The number of benzene rings is 3. The summed E-state index contributed by atoms with van der Waals surface area (Å²) in [5.41, 5.74) is 3.36. The molecule has 3 rings (SSSR count). The normalized spacial score (nSPS) is 10.3. The molecule has 35 heavy (non-hydrogen) atoms. The van der Waals surface area contributed by atoms with Crippen molar-refractivity contribution in [2.24, 2.45) is 0 Å². The van der Waals surface area contributed by atoms with Crippen LogP contribution in [0.2, 0.25) is 0 Å². The molecule has 0 aliphatic carbocycles. The van der Waals surface area contributed by atoms with Gasteiger partial charge in [-0.25, -0.2) is 0 Å². The van der Waals surface area contributed by atoms with E-state index in [2.05, 4.69) is 12.1 Å². The maximum atomic E-state index is 11.9. The first-order valence-electron chi connectivity index (χ1n) is 12.3. The minimum absolute atomic E-state index is 0. The molecule has 4 nitrogen and oxygen atoms in total. The standard InChI is InChI=1S/C30H36O4.CH4/c1-25-13-15-26(16-14-25)23-30(31)33-22-10-5-3-2-4-9-21-32-28-17-19-29(20-18-28)34-24-27-11-7-6-8-12-27;/h6-8,11-20H,2-5,9-10,21-24H2,1H3;1H4. The minimum atomic E-state index is -0.142. The van der Waals surface area contributed by atoms with E-state index in [0.29, 0.717) is 19.6 Å². The fraction of sp³-hybridized carbons (Fsp3) is 0.387. The zero-order valence-electron chi connectivity index (χ0n) is 20.2. The summed E-state index contributed by atoms with van der Waals surface area (Å²) in [4.78, 5) is 11.9. The van der Waals surface area contributed by atoms with Gasteiger partial charge in [0.2, 0.25) is 0 Å². The van der Waals surface area contributed by atoms with E-state index < -0.39 is 0 Å². The maximum Gasteiger partial charge on any atom is 0.310 e. The third kappa shape index (κ3) is 11.6. The summed E-state index contributed by atoms with van der Waals surface area (Å²) in [6, 6.07) is 26.0. The molecule has 3 aromatic carbocycles. The van der Waals surface area contributed by atoms with Gasteiger partial charge in [0.05, 0.1) is 19.6 Å². The van der Waals surface area contributed by atoms with Crippen molar-refractivity contribution in [2.75, 3.05) is 13.2 Å². The highest BCUT2D eigenvalue weighted by Crippen LogP contribution is 2.19. The lowest BCUT2D eigenvalue weighted by Gasteiger charge is -2.09. The maximum absolute atomic E-state index is 11.9. The predicted molar refractivity (Wildman–Crippen MR) is 143 cm³/mol. The SMILES string of the molecule is C.Cc1ccc(CC(=O)OCCCCCCCCOc2ccc(OCc3ccccc3)cc2)cc1. The van der Waals surface area contributed by atoms with Gasteiger partial charge in [0.15, 0.2) is 0 Å². The van der Waals surface area contributed by atoms with Crippen LogP contribution in [0.5, 0.6) is 11.5 Å². The van der Waals surface area contributed by atoms with Gasteiger partial charge in [-0.05, 0) is 55.2 Å². The van der Waals surface area contributed by atoms with Crippen LogP contribution in [-0.4, -0.2) is 19.2 Å². The van der Waals surface area contributed by atoms with Gasteiger partial charge in [-0.1, -0.05) is 93.3 Å². The fourth-order valence-electron chi connectivity index (χ4n) is 3.58. The summed E-state index contributed by atoms with van der Waals surface area (Å²) in [5, 5.41) is 0. The summed E-state index contributed by atoms with van der Waals surface area (Å²) in [6.07, 6.45) is 6.88. The van der Waals surface area contributed by atoms with Crippen LogP contribution in [0.3, 0.4) is 0 Å². The Labute approximate surface area is 211 Å². The van der Waals surface area contributed by atoms with Gasteiger partial charge in [0.25, 0.3) is 0 Å². The molecule has 0 bridgehead atoms. The van der Waals surface area contributed by atoms with Crippen LogP contribution in [0.25, 0.3) is 0 Å². The third-order valence-corrected chi connectivity index (χ3v) is 5.61. The fourth-order valence-corrected chi connectivity index (χ4v) is 3.58. The summed E-state index contributed by atoms with van der Waals surface area (Å²) >= 11 is 0. The van der Waals surface area contributed by atoms with Gasteiger partial charge >= 0.3 is 5.97 Å². The molecule has 4 heteroatoms. The van der Waals surface area contributed by atoms with Crippen molar-refractivity contribution in [3.05, 3.63) is 95.6 Å². The predicted octanol–water partition coefficient (Wildman–Crippen LogP) is 7.72. The van der Waals surface area contributed by atoms with E-state index in [1.165, 1.54) is 12.0 Å². The first-order valence-corrected chi connectivity index (χ1v) is 12.3. The number of carbonyl (C=O) groups excluding carboxylic acids is 1. The molecule has 0 amide bonds. The number of ether oxygens (including phenoxy) is 3. The molecule has 0 saturated heterocycles. The monoisotopic (exact) mass is 476 g/mol. The second kappa shape index (κ2) is 16.4. The Kier molecular flexibility index (Phi) is 13.1. The van der Waals surface area contributed by atoms with Gasteiger partial charge in [-0.2, -0.15) is 0 Å². The number of unbranched alkanes of at least 4 members (excludes halogenated alkanes) is 5. The van der Waals surface area contributed by atoms with Gasteiger partial charge < -0.3 is 14.2 Å². The summed E-state index contributed by atoms with van der Waals surface area (Å²) < 4.78 is 17.0. The van der Waals surface area contributed by atoms with Crippen LogP contribution < -0.4 is 9.47 Å². The van der Waals surface area contributed by atoms with E-state index >= 15 is 0 Å². The van der Waals surface area contributed by atoms with Crippen LogP contribution in [0.1, 0.15) is 62.6 Å². The molecule has 188 valence electrons. The molecular weight excluding hydrogens is 436 g/mol. The first kappa shape index (κ1) is 28.0. The second-order valence-corrected chi connectivity index (χ2v) is 8.60. The molecule has 0 N–H and O–H groups in total. The van der Waals surface area contributed by atoms with Crippen molar-refractivity contribution < 1.29 is 19.0 Å². The summed E-state index contributed by atoms with van der Waals surface area (Å²) in [7, 11) is 0. The molecule has 0 saturated carbocycles. The van der Waals surface area contributed by atoms with E-state index in [-0.39, 0.29) is 13.4 Å². The Morgan fingerprint density at radius 1 is 0.629 bits per heavy atom. The summed E-state index contributed by atoms with van der Waals surface area (Å²) in [5.74, 6) is 1.58. The molecule has 0 aliphatic rings. The average Bonchev–Trinajstić information content (AvgIpc) is 2.86. The highest BCUT2D eigenvalue weighted by atomic mass is 16.5. The Morgan fingerprint density at radius 2 is 1.20 bits per heavy atom. The Morgan fingerprint density at radius 3 is 1.86 bits per heavy atom. The summed E-state index contributed by atoms with van der Waals surface area (Å²) in [6.45, 7) is 3.84. The topological polar surface area (TPSA) is 44.8 Å². The molecule has 0 aromatic heterocycles. The number of carbonyl (C=O) groups is 1. The van der Waals surface area contributed by atoms with Crippen LogP contribution in [-0.2, 0) is 22.6 Å². The van der Waals surface area contributed by atoms with Crippen molar-refractivity contribution in [2.45, 2.75) is 65.9 Å². The van der Waals surface area contributed by atoms with E-state index in [9.17, 15) is 4.79 Å². The Balaban J connectivity index is 0.00000432. The number of aryl methyl sites for hydroxylation is 1. The number of hydrogen-bond acceptors (Lipinski definition) is 4. The third-order valence-electron chi connectivity index (χ3n) is 5.61. The van der Waals surface area contributed by atoms with Crippen molar-refractivity contribution in [1.29, 1.82) is 0 Å². The van der Waals surface area contributed by atoms with Crippen molar-refractivity contribution in [3.8, 4) is 11.5 Å². The lowest BCUT2D eigenvalue weighted by molar-refractivity contribution is -0.142. The van der Waals surface area contributed by atoms with Crippen molar-refractivity contribution in [3.63, 3.8) is 0 Å². The van der Waals surface area contributed by atoms with Crippen molar-refractivity contribution >= 4 is 5.97 Å². The van der Waals surface area contributed by atoms with Crippen LogP contribution in [0.4, 0.5) is 0 Å². The zero-order valence-corrected chi connectivity index (χ0v) is 20.2. The average molecular weight is 477 g/mol. The molecule has 0 radical (unpaired) electrons. The molecule has 0 spiro atoms. The lowest BCUT2D eigenvalue weighted by atomic mass is 10.1. The molecule has 3 aromatic rings. The molecular formula is C31H40O4. The second-order valence-electron chi connectivity index (χ2n) is 8.60. The quantitative estimate of drug-likeness (QED) is 0.166. The molecule has 0 aliphatic heterocycles. The van der Waals surface area contributed by atoms with E-state index in [4.69, 9.17) is 14.2 Å². The highest BCUT2D eigenvalue weighted by Gasteiger charge is 2.04.